The number of nitrogens with one attached hydrogen (secondary N) is 1. The van der Waals surface area contributed by atoms with Crippen molar-refractivity contribution in [3.8, 4) is 0 Å². The van der Waals surface area contributed by atoms with Gasteiger partial charge in [0.1, 0.15) is 0 Å². The van der Waals surface area contributed by atoms with E-state index in [9.17, 15) is 15.0 Å². The molecule has 0 aliphatic rings. The molecule has 0 spiro atoms. The highest BCUT2D eigenvalue weighted by atomic mass is 16.3. The number of carbonyl (C=O) groups excluding carboxylic acids is 1. The van der Waals surface area contributed by atoms with E-state index in [1.54, 1.807) is 6.08 Å². The predicted octanol–water partition coefficient (Wildman–Crippen LogP) is 7.00. The highest BCUT2D eigenvalue weighted by Gasteiger charge is 2.17. The fraction of sp³-hybridized carbons (Fsp3) is 0.821. The Morgan fingerprint density at radius 3 is 1.78 bits per heavy atom. The Labute approximate surface area is 199 Å². The van der Waals surface area contributed by atoms with E-state index >= 15 is 0 Å². The number of aliphatic hydroxyl groups is 2. The van der Waals surface area contributed by atoms with Crippen LogP contribution in [0.1, 0.15) is 129 Å². The zero-order chi connectivity index (χ0) is 23.7. The van der Waals surface area contributed by atoms with Gasteiger partial charge in [0.2, 0.25) is 5.91 Å². The van der Waals surface area contributed by atoms with Crippen LogP contribution in [-0.4, -0.2) is 34.9 Å². The Kier molecular flexibility index (Phi) is 23.6. The van der Waals surface area contributed by atoms with Crippen molar-refractivity contribution in [1.29, 1.82) is 0 Å². The summed E-state index contributed by atoms with van der Waals surface area (Å²) in [6.07, 6.45) is 28.5. The molecule has 0 aromatic carbocycles. The van der Waals surface area contributed by atoms with Crippen LogP contribution in [0.5, 0.6) is 0 Å². The molecule has 32 heavy (non-hydrogen) atoms. The third kappa shape index (κ3) is 20.8. The van der Waals surface area contributed by atoms with Crippen LogP contribution >= 0.6 is 0 Å². The number of hydrogen-bond acceptors (Lipinski definition) is 3. The Balaban J connectivity index is 3.59. The predicted molar refractivity (Wildman–Crippen MR) is 138 cm³/mol. The fourth-order valence-electron chi connectivity index (χ4n) is 3.74. The number of unbranched alkanes of at least 4 members (excludes halogenated alkanes) is 14. The van der Waals surface area contributed by atoms with Crippen LogP contribution in [0, 0.1) is 0 Å². The zero-order valence-corrected chi connectivity index (χ0v) is 21.2. The molecular weight excluding hydrogens is 398 g/mol. The summed E-state index contributed by atoms with van der Waals surface area (Å²) in [5.74, 6) is -0.0849. The minimum Gasteiger partial charge on any atom is -0.394 e. The smallest absolute Gasteiger partial charge is 0.220 e. The molecule has 3 N–H and O–H groups in total. The highest BCUT2D eigenvalue weighted by Crippen LogP contribution is 2.11. The van der Waals surface area contributed by atoms with E-state index in [1.165, 1.54) is 70.6 Å². The van der Waals surface area contributed by atoms with Gasteiger partial charge in [0.05, 0.1) is 18.8 Å². The average Bonchev–Trinajstić information content (AvgIpc) is 2.79. The maximum Gasteiger partial charge on any atom is 0.220 e. The van der Waals surface area contributed by atoms with Crippen LogP contribution in [0.4, 0.5) is 0 Å². The molecular formula is C28H53NO3. The van der Waals surface area contributed by atoms with Gasteiger partial charge in [-0.2, -0.15) is 0 Å². The van der Waals surface area contributed by atoms with Crippen molar-refractivity contribution in [1.82, 2.24) is 5.32 Å². The number of rotatable bonds is 23. The molecule has 4 heteroatoms. The van der Waals surface area contributed by atoms with Crippen molar-refractivity contribution >= 4 is 5.91 Å². The molecule has 0 radical (unpaired) electrons. The third-order valence-electron chi connectivity index (χ3n) is 5.93. The van der Waals surface area contributed by atoms with Crippen molar-refractivity contribution in [3.05, 3.63) is 24.3 Å². The standard InChI is InChI=1S/C28H53NO3/c1-3-5-7-9-10-11-12-13-14-15-16-17-18-19-20-22-24-28(32)29-26(25-30)27(31)23-21-8-6-4-2/h14-15,21,23,26-27,30-31H,3-13,16-20,22,24-25H2,1-2H3,(H,29,32)/b15-14-,23-21+. The SMILES string of the molecule is CCCC/C=C/C(O)C(CO)NC(=O)CCCCCCC/C=C\CCCCCCCCC. The highest BCUT2D eigenvalue weighted by molar-refractivity contribution is 5.76. The van der Waals surface area contributed by atoms with Gasteiger partial charge in [-0.15, -0.1) is 0 Å². The fourth-order valence-corrected chi connectivity index (χ4v) is 3.74. The largest absolute Gasteiger partial charge is 0.394 e. The van der Waals surface area contributed by atoms with Crippen molar-refractivity contribution in [2.24, 2.45) is 0 Å². The second kappa shape index (κ2) is 24.5. The van der Waals surface area contributed by atoms with Crippen LogP contribution in [0.2, 0.25) is 0 Å². The van der Waals surface area contributed by atoms with Gasteiger partial charge in [-0.3, -0.25) is 4.79 Å². The summed E-state index contributed by atoms with van der Waals surface area (Å²) >= 11 is 0. The van der Waals surface area contributed by atoms with E-state index in [0.29, 0.717) is 6.42 Å². The second-order valence-electron chi connectivity index (χ2n) is 9.11. The Morgan fingerprint density at radius 1 is 0.719 bits per heavy atom. The Bertz CT molecular complexity index is 462. The molecule has 4 nitrogen and oxygen atoms in total. The summed E-state index contributed by atoms with van der Waals surface area (Å²) in [6.45, 7) is 4.13. The minimum absolute atomic E-state index is 0.0849. The van der Waals surface area contributed by atoms with E-state index in [-0.39, 0.29) is 12.5 Å². The summed E-state index contributed by atoms with van der Waals surface area (Å²) in [5.41, 5.74) is 0. The van der Waals surface area contributed by atoms with E-state index in [1.807, 2.05) is 6.08 Å². The second-order valence-corrected chi connectivity index (χ2v) is 9.11. The molecule has 188 valence electrons. The van der Waals surface area contributed by atoms with Gasteiger partial charge < -0.3 is 15.5 Å². The Morgan fingerprint density at radius 2 is 1.22 bits per heavy atom. The number of aliphatic hydroxyl groups excluding tert-OH is 2. The first-order valence-electron chi connectivity index (χ1n) is 13.6. The molecule has 0 aromatic heterocycles. The first kappa shape index (κ1) is 30.9. The van der Waals surface area contributed by atoms with Gasteiger partial charge in [-0.05, 0) is 38.5 Å². The van der Waals surface area contributed by atoms with E-state index < -0.39 is 12.1 Å². The van der Waals surface area contributed by atoms with Gasteiger partial charge in [0, 0.05) is 6.42 Å². The zero-order valence-electron chi connectivity index (χ0n) is 21.2. The maximum atomic E-state index is 12.1. The average molecular weight is 452 g/mol. The van der Waals surface area contributed by atoms with Crippen molar-refractivity contribution in [3.63, 3.8) is 0 Å². The van der Waals surface area contributed by atoms with Crippen molar-refractivity contribution < 1.29 is 15.0 Å². The monoisotopic (exact) mass is 451 g/mol. The van der Waals surface area contributed by atoms with Gasteiger partial charge in [0.25, 0.3) is 0 Å². The molecule has 0 bridgehead atoms. The molecule has 0 aromatic rings. The molecule has 0 fully saturated rings. The summed E-state index contributed by atoms with van der Waals surface area (Å²) in [4.78, 5) is 12.1. The molecule has 0 saturated heterocycles. The number of carbonyl (C=O) groups is 1. The number of allylic oxidation sites excluding steroid dienone is 3. The van der Waals surface area contributed by atoms with E-state index in [0.717, 1.165) is 38.5 Å². The summed E-state index contributed by atoms with van der Waals surface area (Å²) in [7, 11) is 0. The van der Waals surface area contributed by atoms with Gasteiger partial charge in [-0.25, -0.2) is 0 Å². The first-order chi connectivity index (χ1) is 15.7. The lowest BCUT2D eigenvalue weighted by molar-refractivity contribution is -0.123. The topological polar surface area (TPSA) is 69.6 Å². The molecule has 0 saturated carbocycles. The molecule has 2 atom stereocenters. The van der Waals surface area contributed by atoms with Gasteiger partial charge >= 0.3 is 0 Å². The number of amides is 1. The lowest BCUT2D eigenvalue weighted by atomic mass is 10.1. The van der Waals surface area contributed by atoms with Gasteiger partial charge in [-0.1, -0.05) is 109 Å². The lowest BCUT2D eigenvalue weighted by Gasteiger charge is -2.19. The number of hydrogen-bond donors (Lipinski definition) is 3. The molecule has 0 aliphatic heterocycles. The summed E-state index contributed by atoms with van der Waals surface area (Å²) in [5, 5.41) is 22.3. The van der Waals surface area contributed by atoms with Crippen molar-refractivity contribution in [2.45, 2.75) is 142 Å². The van der Waals surface area contributed by atoms with Gasteiger partial charge in [0.15, 0.2) is 0 Å². The summed E-state index contributed by atoms with van der Waals surface area (Å²) in [6, 6.07) is -0.617. The Hall–Kier alpha value is -1.13. The van der Waals surface area contributed by atoms with E-state index in [4.69, 9.17) is 0 Å². The van der Waals surface area contributed by atoms with Crippen LogP contribution < -0.4 is 5.32 Å². The molecule has 0 heterocycles. The maximum absolute atomic E-state index is 12.1. The van der Waals surface area contributed by atoms with Crippen LogP contribution in [0.25, 0.3) is 0 Å². The van der Waals surface area contributed by atoms with Crippen LogP contribution in [0.3, 0.4) is 0 Å². The van der Waals surface area contributed by atoms with Crippen molar-refractivity contribution in [2.75, 3.05) is 6.61 Å². The molecule has 0 rings (SSSR count). The molecule has 0 aliphatic carbocycles. The van der Waals surface area contributed by atoms with Crippen LogP contribution in [-0.2, 0) is 4.79 Å². The molecule has 1 amide bonds. The first-order valence-corrected chi connectivity index (χ1v) is 13.6. The normalized spacial score (nSPS) is 13.8. The van der Waals surface area contributed by atoms with Crippen LogP contribution in [0.15, 0.2) is 24.3 Å². The minimum atomic E-state index is -0.834. The lowest BCUT2D eigenvalue weighted by Crippen LogP contribution is -2.45. The third-order valence-corrected chi connectivity index (χ3v) is 5.93. The molecule has 2 unspecified atom stereocenters. The quantitative estimate of drug-likeness (QED) is 0.116. The van der Waals surface area contributed by atoms with E-state index in [2.05, 4.69) is 31.3 Å². The summed E-state index contributed by atoms with van der Waals surface area (Å²) < 4.78 is 0.